The maximum atomic E-state index is 12.4. The van der Waals surface area contributed by atoms with Gasteiger partial charge < -0.3 is 14.8 Å². The van der Waals surface area contributed by atoms with Crippen LogP contribution in [0.15, 0.2) is 47.4 Å². The molecular formula is C19H24N2O5S. The van der Waals surface area contributed by atoms with Crippen molar-refractivity contribution in [1.29, 1.82) is 0 Å². The molecule has 1 amide bonds. The zero-order valence-corrected chi connectivity index (χ0v) is 16.6. The van der Waals surface area contributed by atoms with E-state index < -0.39 is 10.0 Å². The molecule has 0 aliphatic heterocycles. The zero-order chi connectivity index (χ0) is 20.0. The van der Waals surface area contributed by atoms with Crippen LogP contribution in [-0.4, -0.2) is 34.6 Å². The van der Waals surface area contributed by atoms with Crippen molar-refractivity contribution < 1.29 is 22.7 Å². The largest absolute Gasteiger partial charge is 0.493 e. The van der Waals surface area contributed by atoms with Crippen molar-refractivity contribution >= 4 is 21.6 Å². The lowest BCUT2D eigenvalue weighted by Crippen LogP contribution is -2.31. The molecule has 0 aliphatic rings. The fourth-order valence-corrected chi connectivity index (χ4v) is 3.64. The molecule has 0 spiro atoms. The molecule has 0 fully saturated rings. The molecular weight excluding hydrogens is 368 g/mol. The van der Waals surface area contributed by atoms with Crippen LogP contribution >= 0.6 is 0 Å². The first-order valence-corrected chi connectivity index (χ1v) is 9.94. The van der Waals surface area contributed by atoms with Gasteiger partial charge in [-0.2, -0.15) is 0 Å². The van der Waals surface area contributed by atoms with Crippen LogP contribution in [0.4, 0.5) is 5.69 Å². The Hall–Kier alpha value is -2.58. The molecule has 1 unspecified atom stereocenters. The number of carbonyl (C=O) groups is 1. The highest BCUT2D eigenvalue weighted by molar-refractivity contribution is 7.89. The van der Waals surface area contributed by atoms with E-state index in [2.05, 4.69) is 10.0 Å². The maximum absolute atomic E-state index is 12.4. The predicted molar refractivity (Wildman–Crippen MR) is 104 cm³/mol. The smallest absolute Gasteiger partial charge is 0.255 e. The van der Waals surface area contributed by atoms with Crippen molar-refractivity contribution in [3.63, 3.8) is 0 Å². The molecule has 1 atom stereocenters. The van der Waals surface area contributed by atoms with Gasteiger partial charge in [-0.05, 0) is 55.8 Å². The Morgan fingerprint density at radius 2 is 1.67 bits per heavy atom. The highest BCUT2D eigenvalue weighted by Gasteiger charge is 2.17. The average molecular weight is 392 g/mol. The summed E-state index contributed by atoms with van der Waals surface area (Å²) < 4.78 is 37.5. The third-order valence-corrected chi connectivity index (χ3v) is 5.64. The molecule has 0 radical (unpaired) electrons. The van der Waals surface area contributed by atoms with Crippen LogP contribution in [-0.2, 0) is 10.0 Å². The van der Waals surface area contributed by atoms with Gasteiger partial charge in [-0.25, -0.2) is 13.1 Å². The highest BCUT2D eigenvalue weighted by Crippen LogP contribution is 2.28. The minimum absolute atomic E-state index is 0.145. The number of hydrogen-bond donors (Lipinski definition) is 2. The number of ether oxygens (including phenoxy) is 2. The molecule has 146 valence electrons. The van der Waals surface area contributed by atoms with E-state index in [4.69, 9.17) is 9.47 Å². The number of hydrogen-bond acceptors (Lipinski definition) is 5. The van der Waals surface area contributed by atoms with Crippen molar-refractivity contribution in [3.8, 4) is 11.5 Å². The normalized spacial score (nSPS) is 12.3. The van der Waals surface area contributed by atoms with Crippen molar-refractivity contribution in [2.24, 2.45) is 0 Å². The summed E-state index contributed by atoms with van der Waals surface area (Å²) in [7, 11) is -0.569. The van der Waals surface area contributed by atoms with Crippen LogP contribution in [0.2, 0.25) is 0 Å². The van der Waals surface area contributed by atoms with E-state index in [0.717, 1.165) is 0 Å². The minimum Gasteiger partial charge on any atom is -0.493 e. The van der Waals surface area contributed by atoms with Crippen LogP contribution in [0.5, 0.6) is 11.5 Å². The standard InChI is InChI=1S/C19H24N2O5S/c1-5-13(2)21-27(23,24)16-9-7-15(8-10-16)20-19(22)14-6-11-17(25-3)18(12-14)26-4/h6-13,21H,5H2,1-4H3,(H,20,22). The van der Waals surface area contributed by atoms with E-state index in [1.165, 1.54) is 26.4 Å². The number of methoxy groups -OCH3 is 2. The van der Waals surface area contributed by atoms with E-state index in [1.54, 1.807) is 37.3 Å². The first-order valence-electron chi connectivity index (χ1n) is 8.46. The topological polar surface area (TPSA) is 93.7 Å². The number of amides is 1. The summed E-state index contributed by atoms with van der Waals surface area (Å²) in [5.74, 6) is 0.629. The molecule has 27 heavy (non-hydrogen) atoms. The van der Waals surface area contributed by atoms with Crippen LogP contribution in [0.3, 0.4) is 0 Å². The van der Waals surface area contributed by atoms with Gasteiger partial charge in [0.1, 0.15) is 0 Å². The van der Waals surface area contributed by atoms with Gasteiger partial charge in [0.25, 0.3) is 5.91 Å². The molecule has 2 rings (SSSR count). The summed E-state index contributed by atoms with van der Waals surface area (Å²) in [6, 6.07) is 10.7. The van der Waals surface area contributed by atoms with Crippen LogP contribution in [0.1, 0.15) is 30.6 Å². The van der Waals surface area contributed by atoms with Gasteiger partial charge in [-0.3, -0.25) is 4.79 Å². The van der Waals surface area contributed by atoms with E-state index in [9.17, 15) is 13.2 Å². The second-order valence-electron chi connectivity index (χ2n) is 5.98. The van der Waals surface area contributed by atoms with E-state index in [1.807, 2.05) is 6.92 Å². The fourth-order valence-electron chi connectivity index (χ4n) is 2.31. The summed E-state index contributed by atoms with van der Waals surface area (Å²) in [4.78, 5) is 12.6. The zero-order valence-electron chi connectivity index (χ0n) is 15.8. The first kappa shape index (κ1) is 20.7. The number of anilines is 1. The number of nitrogens with one attached hydrogen (secondary N) is 2. The predicted octanol–water partition coefficient (Wildman–Crippen LogP) is 3.03. The van der Waals surface area contributed by atoms with Crippen LogP contribution in [0.25, 0.3) is 0 Å². The Bertz CT molecular complexity index is 895. The van der Waals surface area contributed by atoms with Gasteiger partial charge in [0.15, 0.2) is 11.5 Å². The molecule has 2 aromatic rings. The van der Waals surface area contributed by atoms with Crippen molar-refractivity contribution in [1.82, 2.24) is 4.72 Å². The van der Waals surface area contributed by atoms with Gasteiger partial charge in [0.05, 0.1) is 19.1 Å². The third kappa shape index (κ3) is 5.21. The molecule has 7 nitrogen and oxygen atoms in total. The Labute approximate surface area is 159 Å². The molecule has 2 N–H and O–H groups in total. The van der Waals surface area contributed by atoms with Gasteiger partial charge in [0, 0.05) is 17.3 Å². The Kier molecular flexibility index (Phi) is 6.81. The number of sulfonamides is 1. The summed E-state index contributed by atoms with van der Waals surface area (Å²) in [5, 5.41) is 2.73. The highest BCUT2D eigenvalue weighted by atomic mass is 32.2. The molecule has 0 bridgehead atoms. The van der Waals surface area contributed by atoms with Crippen molar-refractivity contribution in [2.45, 2.75) is 31.2 Å². The lowest BCUT2D eigenvalue weighted by Gasteiger charge is -2.13. The van der Waals surface area contributed by atoms with Gasteiger partial charge in [-0.1, -0.05) is 6.92 Å². The van der Waals surface area contributed by atoms with Crippen LogP contribution in [0, 0.1) is 0 Å². The minimum atomic E-state index is -3.58. The molecule has 8 heteroatoms. The molecule has 0 aliphatic carbocycles. The lowest BCUT2D eigenvalue weighted by atomic mass is 10.2. The van der Waals surface area contributed by atoms with E-state index >= 15 is 0 Å². The second-order valence-corrected chi connectivity index (χ2v) is 7.69. The molecule has 2 aromatic carbocycles. The van der Waals surface area contributed by atoms with Gasteiger partial charge in [0.2, 0.25) is 10.0 Å². The molecule has 0 saturated heterocycles. The second kappa shape index (κ2) is 8.88. The van der Waals surface area contributed by atoms with E-state index in [-0.39, 0.29) is 16.8 Å². The third-order valence-electron chi connectivity index (χ3n) is 4.04. The Morgan fingerprint density at radius 3 is 2.22 bits per heavy atom. The molecule has 0 aromatic heterocycles. The Morgan fingerprint density at radius 1 is 1.04 bits per heavy atom. The summed E-state index contributed by atoms with van der Waals surface area (Å²) in [6.07, 6.45) is 0.693. The quantitative estimate of drug-likeness (QED) is 0.720. The fraction of sp³-hybridized carbons (Fsp3) is 0.316. The van der Waals surface area contributed by atoms with Crippen LogP contribution < -0.4 is 19.5 Å². The van der Waals surface area contributed by atoms with Gasteiger partial charge >= 0.3 is 0 Å². The summed E-state index contributed by atoms with van der Waals surface area (Å²) in [5.41, 5.74) is 0.875. The summed E-state index contributed by atoms with van der Waals surface area (Å²) in [6.45, 7) is 3.70. The average Bonchev–Trinajstić information content (AvgIpc) is 2.67. The molecule has 0 heterocycles. The van der Waals surface area contributed by atoms with Gasteiger partial charge in [-0.15, -0.1) is 0 Å². The number of rotatable bonds is 8. The van der Waals surface area contributed by atoms with E-state index in [0.29, 0.717) is 29.2 Å². The number of benzene rings is 2. The summed E-state index contributed by atoms with van der Waals surface area (Å²) >= 11 is 0. The monoisotopic (exact) mass is 392 g/mol. The lowest BCUT2D eigenvalue weighted by molar-refractivity contribution is 0.102. The van der Waals surface area contributed by atoms with Crippen molar-refractivity contribution in [2.75, 3.05) is 19.5 Å². The van der Waals surface area contributed by atoms with Crippen molar-refractivity contribution in [3.05, 3.63) is 48.0 Å². The Balaban J connectivity index is 2.13. The SMILES string of the molecule is CCC(C)NS(=O)(=O)c1ccc(NC(=O)c2ccc(OC)c(OC)c2)cc1. The first-order chi connectivity index (χ1) is 12.8. The number of carbonyl (C=O) groups excluding carboxylic acids is 1. The molecule has 0 saturated carbocycles. The maximum Gasteiger partial charge on any atom is 0.255 e.